The second kappa shape index (κ2) is 6.53. The van der Waals surface area contributed by atoms with E-state index < -0.39 is 0 Å². The molecule has 2 aliphatic heterocycles. The summed E-state index contributed by atoms with van der Waals surface area (Å²) in [6.07, 6.45) is 2.00. The van der Waals surface area contributed by atoms with Gasteiger partial charge >= 0.3 is 0 Å². The van der Waals surface area contributed by atoms with Crippen LogP contribution in [0.15, 0.2) is 0 Å². The summed E-state index contributed by atoms with van der Waals surface area (Å²) >= 11 is 0. The molecular formula is C14H27N3O. The average Bonchev–Trinajstić information content (AvgIpc) is 2.86. The first-order valence-corrected chi connectivity index (χ1v) is 7.37. The van der Waals surface area contributed by atoms with Gasteiger partial charge in [-0.2, -0.15) is 0 Å². The van der Waals surface area contributed by atoms with Crippen molar-refractivity contribution in [1.82, 2.24) is 15.1 Å². The topological polar surface area (TPSA) is 35.6 Å². The Morgan fingerprint density at radius 3 is 2.61 bits per heavy atom. The molecule has 1 atom stereocenters. The van der Waals surface area contributed by atoms with Gasteiger partial charge in [0.1, 0.15) is 0 Å². The number of carbonyl (C=O) groups is 1. The molecule has 0 aromatic carbocycles. The van der Waals surface area contributed by atoms with E-state index in [2.05, 4.69) is 24.1 Å². The Morgan fingerprint density at radius 2 is 2.00 bits per heavy atom. The van der Waals surface area contributed by atoms with Crippen LogP contribution in [0.2, 0.25) is 0 Å². The number of carbonyl (C=O) groups excluding carboxylic acids is 1. The highest BCUT2D eigenvalue weighted by atomic mass is 16.2. The molecule has 2 fully saturated rings. The van der Waals surface area contributed by atoms with Crippen molar-refractivity contribution in [2.24, 2.45) is 11.8 Å². The third-order valence-electron chi connectivity index (χ3n) is 4.36. The molecule has 104 valence electrons. The molecule has 2 aliphatic rings. The van der Waals surface area contributed by atoms with Crippen LogP contribution in [-0.2, 0) is 4.79 Å². The third kappa shape index (κ3) is 3.69. The smallest absolute Gasteiger partial charge is 0.223 e. The molecule has 0 aromatic rings. The van der Waals surface area contributed by atoms with Crippen molar-refractivity contribution < 1.29 is 4.79 Å². The van der Waals surface area contributed by atoms with E-state index in [1.165, 1.54) is 19.5 Å². The Balaban J connectivity index is 1.67. The van der Waals surface area contributed by atoms with Gasteiger partial charge in [-0.25, -0.2) is 0 Å². The Morgan fingerprint density at radius 1 is 1.28 bits per heavy atom. The fourth-order valence-electron chi connectivity index (χ4n) is 2.94. The lowest BCUT2D eigenvalue weighted by Gasteiger charge is -2.28. The second-order valence-corrected chi connectivity index (χ2v) is 5.97. The van der Waals surface area contributed by atoms with E-state index in [1.54, 1.807) is 0 Å². The quantitative estimate of drug-likeness (QED) is 0.804. The van der Waals surface area contributed by atoms with E-state index in [9.17, 15) is 4.79 Å². The average molecular weight is 253 g/mol. The predicted molar refractivity (Wildman–Crippen MR) is 73.5 cm³/mol. The van der Waals surface area contributed by atoms with Crippen LogP contribution < -0.4 is 5.32 Å². The summed E-state index contributed by atoms with van der Waals surface area (Å²) in [5.41, 5.74) is 0. The Bertz CT molecular complexity index is 274. The number of hydrogen-bond donors (Lipinski definition) is 1. The Labute approximate surface area is 111 Å². The van der Waals surface area contributed by atoms with Crippen molar-refractivity contribution >= 4 is 5.91 Å². The second-order valence-electron chi connectivity index (χ2n) is 5.97. The summed E-state index contributed by atoms with van der Waals surface area (Å²) in [7, 11) is 0. The summed E-state index contributed by atoms with van der Waals surface area (Å²) in [5, 5.41) is 3.28. The molecule has 2 rings (SSSR count). The van der Waals surface area contributed by atoms with Crippen LogP contribution in [0.4, 0.5) is 0 Å². The predicted octanol–water partition coefficient (Wildman–Crippen LogP) is 0.786. The van der Waals surface area contributed by atoms with Gasteiger partial charge in [0.15, 0.2) is 0 Å². The van der Waals surface area contributed by atoms with Gasteiger partial charge in [-0.15, -0.1) is 0 Å². The van der Waals surface area contributed by atoms with Crippen LogP contribution in [0.1, 0.15) is 26.7 Å². The molecule has 1 unspecified atom stereocenters. The number of piperazine rings is 1. The van der Waals surface area contributed by atoms with Gasteiger partial charge in [0.05, 0.1) is 0 Å². The molecule has 0 saturated carbocycles. The van der Waals surface area contributed by atoms with Crippen molar-refractivity contribution in [2.45, 2.75) is 26.7 Å². The van der Waals surface area contributed by atoms with E-state index in [0.29, 0.717) is 12.3 Å². The molecule has 4 nitrogen and oxygen atoms in total. The summed E-state index contributed by atoms with van der Waals surface area (Å²) in [4.78, 5) is 16.5. The molecular weight excluding hydrogens is 226 g/mol. The highest BCUT2D eigenvalue weighted by molar-refractivity contribution is 5.76. The number of amides is 1. The minimum absolute atomic E-state index is 0.337. The first-order chi connectivity index (χ1) is 8.66. The van der Waals surface area contributed by atoms with E-state index in [4.69, 9.17) is 0 Å². The summed E-state index contributed by atoms with van der Waals surface area (Å²) in [6.45, 7) is 11.6. The van der Waals surface area contributed by atoms with Gasteiger partial charge in [-0.1, -0.05) is 13.8 Å². The van der Waals surface area contributed by atoms with Gasteiger partial charge in [0.25, 0.3) is 0 Å². The van der Waals surface area contributed by atoms with Crippen LogP contribution >= 0.6 is 0 Å². The maximum absolute atomic E-state index is 12.0. The van der Waals surface area contributed by atoms with Gasteiger partial charge in [-0.05, 0) is 24.8 Å². The maximum Gasteiger partial charge on any atom is 0.223 e. The van der Waals surface area contributed by atoms with Crippen LogP contribution in [0.3, 0.4) is 0 Å². The van der Waals surface area contributed by atoms with Gasteiger partial charge < -0.3 is 15.1 Å². The fourth-order valence-corrected chi connectivity index (χ4v) is 2.94. The highest BCUT2D eigenvalue weighted by Gasteiger charge is 2.25. The zero-order chi connectivity index (χ0) is 13.0. The van der Waals surface area contributed by atoms with Crippen LogP contribution in [0, 0.1) is 11.8 Å². The molecule has 2 heterocycles. The van der Waals surface area contributed by atoms with Crippen molar-refractivity contribution in [1.29, 1.82) is 0 Å². The molecule has 0 bridgehead atoms. The Hall–Kier alpha value is -0.610. The monoisotopic (exact) mass is 253 g/mol. The first kappa shape index (κ1) is 13.8. The fraction of sp³-hybridized carbons (Fsp3) is 0.929. The standard InChI is InChI=1S/C14H27N3O/c1-12(2)13-3-7-16(11-13)8-4-14(18)17-9-5-15-6-10-17/h12-13,15H,3-11H2,1-2H3. The molecule has 0 spiro atoms. The largest absolute Gasteiger partial charge is 0.340 e. The molecule has 18 heavy (non-hydrogen) atoms. The van der Waals surface area contributed by atoms with E-state index in [0.717, 1.165) is 44.6 Å². The molecule has 0 radical (unpaired) electrons. The molecule has 0 aromatic heterocycles. The molecule has 0 aliphatic carbocycles. The van der Waals surface area contributed by atoms with Crippen LogP contribution in [0.25, 0.3) is 0 Å². The van der Waals surface area contributed by atoms with Crippen molar-refractivity contribution in [3.8, 4) is 0 Å². The van der Waals surface area contributed by atoms with E-state index >= 15 is 0 Å². The minimum atomic E-state index is 0.337. The van der Waals surface area contributed by atoms with Crippen molar-refractivity contribution in [3.63, 3.8) is 0 Å². The molecule has 1 amide bonds. The first-order valence-electron chi connectivity index (χ1n) is 7.37. The lowest BCUT2D eigenvalue weighted by molar-refractivity contribution is -0.132. The van der Waals surface area contributed by atoms with Crippen molar-refractivity contribution in [3.05, 3.63) is 0 Å². The van der Waals surface area contributed by atoms with Gasteiger partial charge in [-0.3, -0.25) is 4.79 Å². The normalized spacial score (nSPS) is 25.9. The number of hydrogen-bond acceptors (Lipinski definition) is 3. The zero-order valence-corrected chi connectivity index (χ0v) is 11.8. The lowest BCUT2D eigenvalue weighted by atomic mass is 9.95. The summed E-state index contributed by atoms with van der Waals surface area (Å²) in [6, 6.07) is 0. The zero-order valence-electron chi connectivity index (χ0n) is 11.8. The summed E-state index contributed by atoms with van der Waals surface area (Å²) in [5.74, 6) is 1.95. The number of nitrogens with zero attached hydrogens (tertiary/aromatic N) is 2. The van der Waals surface area contributed by atoms with E-state index in [1.807, 2.05) is 4.90 Å². The molecule has 4 heteroatoms. The number of nitrogens with one attached hydrogen (secondary N) is 1. The SMILES string of the molecule is CC(C)C1CCN(CCC(=O)N2CCNCC2)C1. The summed E-state index contributed by atoms with van der Waals surface area (Å²) < 4.78 is 0. The van der Waals surface area contributed by atoms with E-state index in [-0.39, 0.29) is 0 Å². The lowest BCUT2D eigenvalue weighted by Crippen LogP contribution is -2.47. The molecule has 1 N–H and O–H groups in total. The third-order valence-corrected chi connectivity index (χ3v) is 4.36. The Kier molecular flexibility index (Phi) is 5.01. The number of likely N-dealkylation sites (tertiary alicyclic amines) is 1. The highest BCUT2D eigenvalue weighted by Crippen LogP contribution is 2.23. The minimum Gasteiger partial charge on any atom is -0.340 e. The van der Waals surface area contributed by atoms with Crippen LogP contribution in [0.5, 0.6) is 0 Å². The van der Waals surface area contributed by atoms with Gasteiger partial charge in [0, 0.05) is 45.7 Å². The van der Waals surface area contributed by atoms with Crippen molar-refractivity contribution in [2.75, 3.05) is 45.8 Å². The molecule has 2 saturated heterocycles. The van der Waals surface area contributed by atoms with Crippen LogP contribution in [-0.4, -0.2) is 61.5 Å². The number of rotatable bonds is 4. The van der Waals surface area contributed by atoms with Gasteiger partial charge in [0.2, 0.25) is 5.91 Å². The maximum atomic E-state index is 12.0.